The zero-order chi connectivity index (χ0) is 24.7. The van der Waals surface area contributed by atoms with Crippen LogP contribution in [-0.2, 0) is 21.4 Å². The van der Waals surface area contributed by atoms with E-state index in [4.69, 9.17) is 0 Å². The minimum Gasteiger partial charge on any atom is -0.478 e. The second-order valence-corrected chi connectivity index (χ2v) is 9.30. The Kier molecular flexibility index (Phi) is 7.87. The van der Waals surface area contributed by atoms with Crippen molar-refractivity contribution in [2.75, 3.05) is 6.54 Å². The Morgan fingerprint density at radius 3 is 2.35 bits per heavy atom. The van der Waals surface area contributed by atoms with Crippen LogP contribution in [0.2, 0.25) is 0 Å². The molecule has 34 heavy (non-hydrogen) atoms. The van der Waals surface area contributed by atoms with Crippen LogP contribution < -0.4 is 5.43 Å². The summed E-state index contributed by atoms with van der Waals surface area (Å²) in [6.07, 6.45) is 1.15. The second kappa shape index (κ2) is 10.8. The van der Waals surface area contributed by atoms with Crippen molar-refractivity contribution < 1.29 is 27.5 Å². The topological polar surface area (TPSA) is 116 Å². The van der Waals surface area contributed by atoms with E-state index >= 15 is 0 Å². The van der Waals surface area contributed by atoms with Crippen LogP contribution in [0, 0.1) is 12.7 Å². The van der Waals surface area contributed by atoms with E-state index in [1.165, 1.54) is 42.5 Å². The van der Waals surface area contributed by atoms with Crippen LogP contribution in [0.5, 0.6) is 0 Å². The van der Waals surface area contributed by atoms with Crippen molar-refractivity contribution in [3.63, 3.8) is 0 Å². The first-order valence-electron chi connectivity index (χ1n) is 10.1. The summed E-state index contributed by atoms with van der Waals surface area (Å²) in [5.41, 5.74) is 3.40. The maximum Gasteiger partial charge on any atom is 0.336 e. The van der Waals surface area contributed by atoms with E-state index in [2.05, 4.69) is 10.5 Å². The summed E-state index contributed by atoms with van der Waals surface area (Å²) in [7, 11) is -4.15. The molecule has 0 atom stereocenters. The highest BCUT2D eigenvalue weighted by Crippen LogP contribution is 2.20. The van der Waals surface area contributed by atoms with Crippen LogP contribution in [0.15, 0.2) is 82.8 Å². The van der Waals surface area contributed by atoms with Crippen molar-refractivity contribution in [1.29, 1.82) is 0 Å². The summed E-state index contributed by atoms with van der Waals surface area (Å²) in [6, 6.07) is 17.8. The smallest absolute Gasteiger partial charge is 0.336 e. The number of nitrogens with zero attached hydrogens (tertiary/aromatic N) is 2. The number of rotatable bonds is 9. The molecular weight excluding hydrogens is 461 g/mol. The van der Waals surface area contributed by atoms with E-state index in [1.54, 1.807) is 30.3 Å². The average molecular weight is 484 g/mol. The molecule has 0 bridgehead atoms. The molecule has 3 aromatic carbocycles. The second-order valence-electron chi connectivity index (χ2n) is 7.36. The van der Waals surface area contributed by atoms with Crippen LogP contribution >= 0.6 is 0 Å². The first-order chi connectivity index (χ1) is 16.2. The van der Waals surface area contributed by atoms with E-state index < -0.39 is 34.3 Å². The molecule has 0 aliphatic heterocycles. The van der Waals surface area contributed by atoms with Crippen molar-refractivity contribution >= 4 is 28.1 Å². The molecular formula is C24H22FN3O5S. The number of benzene rings is 3. The summed E-state index contributed by atoms with van der Waals surface area (Å²) in [5, 5.41) is 13.0. The van der Waals surface area contributed by atoms with Gasteiger partial charge in [-0.05, 0) is 31.2 Å². The average Bonchev–Trinajstić information content (AvgIpc) is 2.80. The summed E-state index contributed by atoms with van der Waals surface area (Å²) >= 11 is 0. The van der Waals surface area contributed by atoms with Gasteiger partial charge in [0, 0.05) is 17.7 Å². The highest BCUT2D eigenvalue weighted by Gasteiger charge is 2.27. The number of hydrogen-bond acceptors (Lipinski definition) is 5. The molecule has 0 radical (unpaired) electrons. The third kappa shape index (κ3) is 6.12. The van der Waals surface area contributed by atoms with E-state index in [1.807, 2.05) is 6.92 Å². The van der Waals surface area contributed by atoms with Crippen LogP contribution in [0.4, 0.5) is 4.39 Å². The molecule has 0 unspecified atom stereocenters. The standard InChI is InChI=1S/C24H22FN3O5S/c1-17-10-12-20(13-11-17)34(32,33)28(15-19-7-3-5-9-22(19)25)16-23(29)27-26-14-18-6-2-4-8-21(18)24(30)31/h2-14H,15-16H2,1H3,(H,27,29)(H,30,31)/b26-14-. The molecule has 2 N–H and O–H groups in total. The summed E-state index contributed by atoms with van der Waals surface area (Å²) < 4.78 is 41.5. The lowest BCUT2D eigenvalue weighted by molar-refractivity contribution is -0.121. The Labute approximate surface area is 196 Å². The van der Waals surface area contributed by atoms with Crippen LogP contribution in [0.25, 0.3) is 0 Å². The van der Waals surface area contributed by atoms with E-state index in [0.717, 1.165) is 16.1 Å². The molecule has 10 heteroatoms. The fourth-order valence-corrected chi connectivity index (χ4v) is 4.45. The highest BCUT2D eigenvalue weighted by atomic mass is 32.2. The number of carbonyl (C=O) groups excluding carboxylic acids is 1. The molecule has 0 fully saturated rings. The van der Waals surface area contributed by atoms with Crippen LogP contribution in [-0.4, -0.2) is 42.5 Å². The van der Waals surface area contributed by atoms with E-state index in [0.29, 0.717) is 0 Å². The first kappa shape index (κ1) is 24.7. The Hall–Kier alpha value is -3.89. The van der Waals surface area contributed by atoms with Gasteiger partial charge in [-0.3, -0.25) is 4.79 Å². The van der Waals surface area contributed by atoms with Crippen molar-refractivity contribution in [1.82, 2.24) is 9.73 Å². The third-order valence-electron chi connectivity index (χ3n) is 4.87. The molecule has 0 aliphatic rings. The first-order valence-corrected chi connectivity index (χ1v) is 11.6. The lowest BCUT2D eigenvalue weighted by Crippen LogP contribution is -2.39. The normalized spacial score (nSPS) is 11.6. The molecule has 1 amide bonds. The maximum absolute atomic E-state index is 14.2. The summed E-state index contributed by atoms with van der Waals surface area (Å²) in [4.78, 5) is 23.8. The number of aromatic carboxylic acids is 1. The minimum atomic E-state index is -4.15. The number of hydrazone groups is 1. The maximum atomic E-state index is 14.2. The van der Waals surface area contributed by atoms with Gasteiger partial charge in [-0.2, -0.15) is 9.41 Å². The molecule has 0 aliphatic carbocycles. The van der Waals surface area contributed by atoms with Crippen molar-refractivity contribution in [2.24, 2.45) is 5.10 Å². The van der Waals surface area contributed by atoms with Gasteiger partial charge in [0.25, 0.3) is 5.91 Å². The van der Waals surface area contributed by atoms with Gasteiger partial charge in [-0.1, -0.05) is 54.1 Å². The molecule has 3 rings (SSSR count). The van der Waals surface area contributed by atoms with Gasteiger partial charge in [0.05, 0.1) is 23.2 Å². The number of carboxylic acid groups (broad SMARTS) is 1. The van der Waals surface area contributed by atoms with Gasteiger partial charge >= 0.3 is 5.97 Å². The molecule has 0 heterocycles. The molecule has 0 aromatic heterocycles. The summed E-state index contributed by atoms with van der Waals surface area (Å²) in [5.74, 6) is -2.54. The molecule has 176 valence electrons. The van der Waals surface area contributed by atoms with Gasteiger partial charge in [0.2, 0.25) is 10.0 Å². The van der Waals surface area contributed by atoms with E-state index in [9.17, 15) is 27.5 Å². The predicted octanol–water partition coefficient (Wildman–Crippen LogP) is 3.17. The monoisotopic (exact) mass is 483 g/mol. The van der Waals surface area contributed by atoms with Gasteiger partial charge < -0.3 is 5.11 Å². The Morgan fingerprint density at radius 1 is 1.03 bits per heavy atom. The third-order valence-corrected chi connectivity index (χ3v) is 6.67. The van der Waals surface area contributed by atoms with Gasteiger partial charge in [-0.25, -0.2) is 23.0 Å². The predicted molar refractivity (Wildman–Crippen MR) is 124 cm³/mol. The highest BCUT2D eigenvalue weighted by molar-refractivity contribution is 7.89. The molecule has 0 saturated heterocycles. The van der Waals surface area contributed by atoms with Crippen LogP contribution in [0.1, 0.15) is 27.0 Å². The van der Waals surface area contributed by atoms with Crippen LogP contribution in [0.3, 0.4) is 0 Å². The van der Waals surface area contributed by atoms with Gasteiger partial charge in [-0.15, -0.1) is 0 Å². The Balaban J connectivity index is 1.82. The molecule has 0 saturated carbocycles. The minimum absolute atomic E-state index is 0.0105. The largest absolute Gasteiger partial charge is 0.478 e. The lowest BCUT2D eigenvalue weighted by Gasteiger charge is -2.22. The fraction of sp³-hybridized carbons (Fsp3) is 0.125. The lowest BCUT2D eigenvalue weighted by atomic mass is 10.1. The number of halogens is 1. The van der Waals surface area contributed by atoms with E-state index in [-0.39, 0.29) is 28.1 Å². The number of sulfonamides is 1. The van der Waals surface area contributed by atoms with Crippen molar-refractivity contribution in [3.05, 3.63) is 101 Å². The summed E-state index contributed by atoms with van der Waals surface area (Å²) in [6.45, 7) is 0.797. The fourth-order valence-electron chi connectivity index (χ4n) is 3.08. The van der Waals surface area contributed by atoms with Crippen molar-refractivity contribution in [2.45, 2.75) is 18.4 Å². The number of hydrogen-bond donors (Lipinski definition) is 2. The Morgan fingerprint density at radius 2 is 1.68 bits per heavy atom. The number of carboxylic acids is 1. The van der Waals surface area contributed by atoms with Crippen molar-refractivity contribution in [3.8, 4) is 0 Å². The SMILES string of the molecule is Cc1ccc(S(=O)(=O)N(CC(=O)N/N=C\c2ccccc2C(=O)O)Cc2ccccc2F)cc1. The zero-order valence-electron chi connectivity index (χ0n) is 18.2. The quantitative estimate of drug-likeness (QED) is 0.358. The molecule has 3 aromatic rings. The van der Waals surface area contributed by atoms with Gasteiger partial charge in [0.15, 0.2) is 0 Å². The number of carbonyl (C=O) groups is 2. The number of nitrogens with one attached hydrogen (secondary N) is 1. The molecule has 0 spiro atoms. The Bertz CT molecular complexity index is 1320. The zero-order valence-corrected chi connectivity index (χ0v) is 19.0. The van der Waals surface area contributed by atoms with Gasteiger partial charge in [0.1, 0.15) is 5.82 Å². The number of aryl methyl sites for hydroxylation is 1. The molecule has 8 nitrogen and oxygen atoms in total. The number of amides is 1.